The number of benzene rings is 2. The van der Waals surface area contributed by atoms with E-state index in [1.807, 2.05) is 29.2 Å². The summed E-state index contributed by atoms with van der Waals surface area (Å²) in [6, 6.07) is 11.3. The van der Waals surface area contributed by atoms with Crippen molar-refractivity contribution in [2.45, 2.75) is 31.1 Å². The molecule has 3 nitrogen and oxygen atoms in total. The second-order valence-electron chi connectivity index (χ2n) is 6.31. The zero-order chi connectivity index (χ0) is 18.9. The molecule has 0 radical (unpaired) electrons. The molecule has 0 aromatic heterocycles. The van der Waals surface area contributed by atoms with E-state index in [1.54, 1.807) is 0 Å². The number of alkyl halides is 3. The quantitative estimate of drug-likeness (QED) is 0.736. The maximum Gasteiger partial charge on any atom is 0.416 e. The van der Waals surface area contributed by atoms with Crippen LogP contribution in [0.5, 0.6) is 0 Å². The standard InChI is InChI=1S/C19H17BrF3NO2/c20-15-4-1-3-13(11-15)17(24-10-2-5-16(24)18(25)26)12-6-8-14(9-7-12)19(21,22)23/h1,3-4,6-9,11,16-17H,2,5,10H2,(H,25,26). The molecule has 0 spiro atoms. The van der Waals surface area contributed by atoms with Crippen LogP contribution in [0, 0.1) is 0 Å². The van der Waals surface area contributed by atoms with Crippen LogP contribution >= 0.6 is 15.9 Å². The largest absolute Gasteiger partial charge is 0.480 e. The van der Waals surface area contributed by atoms with E-state index in [2.05, 4.69) is 15.9 Å². The molecule has 3 rings (SSSR count). The Balaban J connectivity index is 2.05. The van der Waals surface area contributed by atoms with Crippen LogP contribution in [0.4, 0.5) is 13.2 Å². The number of rotatable bonds is 4. The highest BCUT2D eigenvalue weighted by molar-refractivity contribution is 9.10. The maximum atomic E-state index is 12.9. The Morgan fingerprint density at radius 2 is 1.85 bits per heavy atom. The Kier molecular flexibility index (Phi) is 5.39. The average molecular weight is 428 g/mol. The lowest BCUT2D eigenvalue weighted by molar-refractivity contribution is -0.142. The number of halogens is 4. The molecular formula is C19H17BrF3NO2. The first-order valence-electron chi connectivity index (χ1n) is 8.18. The topological polar surface area (TPSA) is 40.5 Å². The van der Waals surface area contributed by atoms with Crippen LogP contribution in [0.1, 0.15) is 35.6 Å². The first-order chi connectivity index (χ1) is 12.3. The molecular weight excluding hydrogens is 411 g/mol. The van der Waals surface area contributed by atoms with Crippen molar-refractivity contribution >= 4 is 21.9 Å². The van der Waals surface area contributed by atoms with Crippen molar-refractivity contribution in [2.24, 2.45) is 0 Å². The fraction of sp³-hybridized carbons (Fsp3) is 0.316. The van der Waals surface area contributed by atoms with Crippen LogP contribution < -0.4 is 0 Å². The third kappa shape index (κ3) is 3.94. The highest BCUT2D eigenvalue weighted by Gasteiger charge is 2.37. The summed E-state index contributed by atoms with van der Waals surface area (Å²) in [6.45, 7) is 0.579. The number of nitrogens with zero attached hydrogens (tertiary/aromatic N) is 1. The Morgan fingerprint density at radius 3 is 2.42 bits per heavy atom. The van der Waals surface area contributed by atoms with Crippen LogP contribution in [-0.4, -0.2) is 28.6 Å². The smallest absolute Gasteiger partial charge is 0.416 e. The molecule has 1 fully saturated rings. The van der Waals surface area contributed by atoms with Crippen molar-refractivity contribution in [1.82, 2.24) is 4.90 Å². The Morgan fingerprint density at radius 1 is 1.15 bits per heavy atom. The molecule has 1 N–H and O–H groups in total. The van der Waals surface area contributed by atoms with Gasteiger partial charge in [0, 0.05) is 11.0 Å². The van der Waals surface area contributed by atoms with Gasteiger partial charge in [-0.15, -0.1) is 0 Å². The van der Waals surface area contributed by atoms with Gasteiger partial charge in [0.1, 0.15) is 6.04 Å². The first-order valence-corrected chi connectivity index (χ1v) is 8.98. The van der Waals surface area contributed by atoms with Crippen molar-refractivity contribution in [2.75, 3.05) is 6.54 Å². The minimum Gasteiger partial charge on any atom is -0.480 e. The Bertz CT molecular complexity index is 792. The molecule has 0 aliphatic carbocycles. The number of hydrogen-bond donors (Lipinski definition) is 1. The van der Waals surface area contributed by atoms with Crippen LogP contribution in [-0.2, 0) is 11.0 Å². The minimum absolute atomic E-state index is 0.418. The van der Waals surface area contributed by atoms with E-state index in [0.29, 0.717) is 18.5 Å². The number of hydrogen-bond acceptors (Lipinski definition) is 2. The van der Waals surface area contributed by atoms with E-state index < -0.39 is 29.8 Å². The first kappa shape index (κ1) is 18.9. The lowest BCUT2D eigenvalue weighted by Gasteiger charge is -2.32. The van der Waals surface area contributed by atoms with Gasteiger partial charge in [0.25, 0.3) is 0 Å². The van der Waals surface area contributed by atoms with Gasteiger partial charge in [-0.25, -0.2) is 0 Å². The number of carboxylic acid groups (broad SMARTS) is 1. The molecule has 0 saturated carbocycles. The predicted octanol–water partition coefficient (Wildman–Crippen LogP) is 5.11. The summed E-state index contributed by atoms with van der Waals surface area (Å²) in [5, 5.41) is 9.53. The molecule has 7 heteroatoms. The van der Waals surface area contributed by atoms with Gasteiger partial charge in [-0.05, 0) is 48.2 Å². The summed E-state index contributed by atoms with van der Waals surface area (Å²) in [4.78, 5) is 13.5. The summed E-state index contributed by atoms with van der Waals surface area (Å²) in [6.07, 6.45) is -3.14. The number of likely N-dealkylation sites (tertiary alicyclic amines) is 1. The van der Waals surface area contributed by atoms with Gasteiger partial charge in [-0.2, -0.15) is 13.2 Å². The molecule has 2 aromatic rings. The highest BCUT2D eigenvalue weighted by atomic mass is 79.9. The lowest BCUT2D eigenvalue weighted by Crippen LogP contribution is -2.39. The van der Waals surface area contributed by atoms with Gasteiger partial charge in [-0.1, -0.05) is 40.2 Å². The molecule has 1 heterocycles. The summed E-state index contributed by atoms with van der Waals surface area (Å²) in [7, 11) is 0. The SMILES string of the molecule is O=C(O)C1CCCN1C(c1ccc(C(F)(F)F)cc1)c1cccc(Br)c1. The van der Waals surface area contributed by atoms with E-state index in [1.165, 1.54) is 12.1 Å². The second-order valence-corrected chi connectivity index (χ2v) is 7.23. The lowest BCUT2D eigenvalue weighted by atomic mass is 9.95. The highest BCUT2D eigenvalue weighted by Crippen LogP contribution is 2.37. The number of aliphatic carboxylic acids is 1. The summed E-state index contributed by atoms with van der Waals surface area (Å²) in [5.74, 6) is -0.908. The van der Waals surface area contributed by atoms with Crippen molar-refractivity contribution < 1.29 is 23.1 Å². The minimum atomic E-state index is -4.40. The van der Waals surface area contributed by atoms with Crippen LogP contribution in [0.2, 0.25) is 0 Å². The third-order valence-electron chi connectivity index (χ3n) is 4.63. The van der Waals surface area contributed by atoms with Crippen molar-refractivity contribution in [1.29, 1.82) is 0 Å². The van der Waals surface area contributed by atoms with Crippen LogP contribution in [0.25, 0.3) is 0 Å². The average Bonchev–Trinajstić information content (AvgIpc) is 3.04. The van der Waals surface area contributed by atoms with Crippen LogP contribution in [0.15, 0.2) is 53.0 Å². The fourth-order valence-electron chi connectivity index (χ4n) is 3.47. The van der Waals surface area contributed by atoms with Gasteiger partial charge in [0.05, 0.1) is 11.6 Å². The van der Waals surface area contributed by atoms with Crippen molar-refractivity contribution in [3.8, 4) is 0 Å². The summed E-state index contributed by atoms with van der Waals surface area (Å²) < 4.78 is 39.4. The molecule has 0 bridgehead atoms. The summed E-state index contributed by atoms with van der Waals surface area (Å²) >= 11 is 3.41. The van der Waals surface area contributed by atoms with Crippen molar-refractivity contribution in [3.05, 3.63) is 69.7 Å². The Hall–Kier alpha value is -1.86. The zero-order valence-corrected chi connectivity index (χ0v) is 15.3. The van der Waals surface area contributed by atoms with E-state index in [0.717, 1.165) is 28.6 Å². The van der Waals surface area contributed by atoms with Gasteiger partial charge in [0.2, 0.25) is 0 Å². The predicted molar refractivity (Wildman–Crippen MR) is 94.8 cm³/mol. The van der Waals surface area contributed by atoms with Gasteiger partial charge < -0.3 is 5.11 Å². The van der Waals surface area contributed by atoms with E-state index in [4.69, 9.17) is 0 Å². The van der Waals surface area contributed by atoms with Crippen molar-refractivity contribution in [3.63, 3.8) is 0 Å². The molecule has 2 unspecified atom stereocenters. The Labute approximate surface area is 157 Å². The molecule has 26 heavy (non-hydrogen) atoms. The van der Waals surface area contributed by atoms with Gasteiger partial charge >= 0.3 is 12.1 Å². The second kappa shape index (κ2) is 7.40. The number of carboxylic acids is 1. The molecule has 1 aliphatic rings. The van der Waals surface area contributed by atoms with E-state index in [-0.39, 0.29) is 0 Å². The molecule has 2 aromatic carbocycles. The fourth-order valence-corrected chi connectivity index (χ4v) is 3.89. The molecule has 138 valence electrons. The zero-order valence-electron chi connectivity index (χ0n) is 13.7. The normalized spacial score (nSPS) is 19.5. The van der Waals surface area contributed by atoms with Gasteiger partial charge in [-0.3, -0.25) is 9.69 Å². The van der Waals surface area contributed by atoms with Gasteiger partial charge in [0.15, 0.2) is 0 Å². The maximum absolute atomic E-state index is 12.9. The molecule has 0 amide bonds. The molecule has 1 saturated heterocycles. The third-order valence-corrected chi connectivity index (χ3v) is 5.12. The monoisotopic (exact) mass is 427 g/mol. The van der Waals surface area contributed by atoms with E-state index >= 15 is 0 Å². The van der Waals surface area contributed by atoms with Crippen LogP contribution in [0.3, 0.4) is 0 Å². The molecule has 1 aliphatic heterocycles. The molecule has 2 atom stereocenters. The van der Waals surface area contributed by atoms with E-state index in [9.17, 15) is 23.1 Å². The number of carbonyl (C=O) groups is 1. The summed E-state index contributed by atoms with van der Waals surface area (Å²) in [5.41, 5.74) is 0.766.